The van der Waals surface area contributed by atoms with Crippen LogP contribution in [0.2, 0.25) is 0 Å². The normalized spacial score (nSPS) is 12.1. The Bertz CT molecular complexity index is 774. The number of carbonyl (C=O) groups excluding carboxylic acids is 1. The zero-order valence-electron chi connectivity index (χ0n) is 18.5. The molecule has 0 aliphatic carbocycles. The molecule has 0 saturated carbocycles. The van der Waals surface area contributed by atoms with Gasteiger partial charge in [-0.15, -0.1) is 0 Å². The minimum Gasteiger partial charge on any atom is -0.478 e. The van der Waals surface area contributed by atoms with Crippen LogP contribution in [0.25, 0.3) is 0 Å². The van der Waals surface area contributed by atoms with Crippen LogP contribution >= 0.6 is 0 Å². The summed E-state index contributed by atoms with van der Waals surface area (Å²) >= 11 is 0. The lowest BCUT2D eigenvalue weighted by molar-refractivity contribution is 0.0950. The van der Waals surface area contributed by atoms with Gasteiger partial charge in [-0.2, -0.15) is 0 Å². The zero-order chi connectivity index (χ0) is 21.2. The number of likely N-dealkylation sites (N-methyl/N-ethyl adjacent to an activating group) is 1. The van der Waals surface area contributed by atoms with Crippen molar-refractivity contribution in [2.24, 2.45) is 0 Å². The van der Waals surface area contributed by atoms with E-state index in [0.29, 0.717) is 30.6 Å². The van der Waals surface area contributed by atoms with E-state index in [0.717, 1.165) is 18.5 Å². The average molecular weight is 398 g/mol. The predicted molar refractivity (Wildman–Crippen MR) is 118 cm³/mol. The lowest BCUT2D eigenvalue weighted by Crippen LogP contribution is -2.31. The van der Waals surface area contributed by atoms with Gasteiger partial charge in [0.05, 0.1) is 12.2 Å². The first-order chi connectivity index (χ1) is 13.9. The standard InChI is InChI=1S/C24H35N3O2/c1-6-8-19(4)27(5)14-13-21-15-20(10-9-18(21)3)16-26-24(28)22-11-12-23(25-17-22)29-7-2/h9-12,15,17,19H,6-8,13-14,16H2,1-5H3,(H,26,28). The van der Waals surface area contributed by atoms with Gasteiger partial charge in [-0.05, 0) is 63.4 Å². The van der Waals surface area contributed by atoms with E-state index in [-0.39, 0.29) is 5.91 Å². The van der Waals surface area contributed by atoms with E-state index < -0.39 is 0 Å². The SMILES string of the molecule is CCCC(C)N(C)CCc1cc(CNC(=O)c2ccc(OCC)nc2)ccc1C. The van der Waals surface area contributed by atoms with Crippen molar-refractivity contribution in [1.82, 2.24) is 15.2 Å². The van der Waals surface area contributed by atoms with Gasteiger partial charge in [0.25, 0.3) is 5.91 Å². The molecule has 5 nitrogen and oxygen atoms in total. The van der Waals surface area contributed by atoms with E-state index in [9.17, 15) is 4.79 Å². The smallest absolute Gasteiger partial charge is 0.253 e. The number of amides is 1. The van der Waals surface area contributed by atoms with Crippen molar-refractivity contribution >= 4 is 5.91 Å². The van der Waals surface area contributed by atoms with Crippen LogP contribution in [-0.2, 0) is 13.0 Å². The summed E-state index contributed by atoms with van der Waals surface area (Å²) in [5, 5.41) is 2.98. The number of ether oxygens (including phenoxy) is 1. The van der Waals surface area contributed by atoms with Crippen LogP contribution in [0.4, 0.5) is 0 Å². The summed E-state index contributed by atoms with van der Waals surface area (Å²) in [6.07, 6.45) is 5.00. The van der Waals surface area contributed by atoms with E-state index in [1.807, 2.05) is 6.92 Å². The molecule has 2 rings (SSSR count). The van der Waals surface area contributed by atoms with Crippen molar-refractivity contribution in [3.63, 3.8) is 0 Å². The van der Waals surface area contributed by atoms with Crippen LogP contribution in [0.15, 0.2) is 36.5 Å². The van der Waals surface area contributed by atoms with E-state index in [1.54, 1.807) is 18.3 Å². The minimum atomic E-state index is -0.129. The molecule has 158 valence electrons. The summed E-state index contributed by atoms with van der Waals surface area (Å²) in [4.78, 5) is 19.0. The van der Waals surface area contributed by atoms with Crippen LogP contribution in [0, 0.1) is 6.92 Å². The molecule has 1 aromatic heterocycles. The second-order valence-electron chi connectivity index (χ2n) is 7.63. The molecular formula is C24H35N3O2. The number of pyridine rings is 1. The fourth-order valence-electron chi connectivity index (χ4n) is 3.29. The molecule has 1 amide bonds. The lowest BCUT2D eigenvalue weighted by atomic mass is 10.0. The van der Waals surface area contributed by atoms with Gasteiger partial charge in [-0.3, -0.25) is 4.79 Å². The number of aromatic nitrogens is 1. The van der Waals surface area contributed by atoms with Gasteiger partial charge in [-0.25, -0.2) is 4.98 Å². The first-order valence-electron chi connectivity index (χ1n) is 10.6. The highest BCUT2D eigenvalue weighted by molar-refractivity contribution is 5.93. The molecule has 2 aromatic rings. The summed E-state index contributed by atoms with van der Waals surface area (Å²) in [7, 11) is 2.20. The Morgan fingerprint density at radius 3 is 2.69 bits per heavy atom. The number of hydrogen-bond acceptors (Lipinski definition) is 4. The third-order valence-corrected chi connectivity index (χ3v) is 5.35. The molecule has 0 spiro atoms. The summed E-state index contributed by atoms with van der Waals surface area (Å²) in [6.45, 7) is 10.7. The summed E-state index contributed by atoms with van der Waals surface area (Å²) < 4.78 is 5.32. The molecule has 1 aromatic carbocycles. The monoisotopic (exact) mass is 397 g/mol. The number of nitrogens with one attached hydrogen (secondary N) is 1. The van der Waals surface area contributed by atoms with Gasteiger partial charge < -0.3 is 15.0 Å². The second-order valence-corrected chi connectivity index (χ2v) is 7.63. The maximum atomic E-state index is 12.4. The molecule has 0 saturated heterocycles. The highest BCUT2D eigenvalue weighted by Gasteiger charge is 2.10. The fourth-order valence-corrected chi connectivity index (χ4v) is 3.29. The van der Waals surface area contributed by atoms with Gasteiger partial charge in [-0.1, -0.05) is 31.5 Å². The molecule has 1 heterocycles. The van der Waals surface area contributed by atoms with Crippen LogP contribution < -0.4 is 10.1 Å². The van der Waals surface area contributed by atoms with Crippen molar-refractivity contribution in [3.05, 3.63) is 58.8 Å². The largest absolute Gasteiger partial charge is 0.478 e. The molecule has 0 fully saturated rings. The Morgan fingerprint density at radius 2 is 2.03 bits per heavy atom. The van der Waals surface area contributed by atoms with E-state index >= 15 is 0 Å². The molecule has 5 heteroatoms. The average Bonchev–Trinajstić information content (AvgIpc) is 2.72. The van der Waals surface area contributed by atoms with E-state index in [2.05, 4.69) is 61.2 Å². The van der Waals surface area contributed by atoms with Crippen molar-refractivity contribution < 1.29 is 9.53 Å². The Hall–Kier alpha value is -2.40. The maximum absolute atomic E-state index is 12.4. The van der Waals surface area contributed by atoms with Crippen LogP contribution in [0.1, 0.15) is 60.7 Å². The lowest BCUT2D eigenvalue weighted by Gasteiger charge is -2.24. The summed E-state index contributed by atoms with van der Waals surface area (Å²) in [5.74, 6) is 0.404. The number of hydrogen-bond donors (Lipinski definition) is 1. The number of benzene rings is 1. The number of aryl methyl sites for hydroxylation is 1. The quantitative estimate of drug-likeness (QED) is 0.611. The molecule has 0 bridgehead atoms. The fraction of sp³-hybridized carbons (Fsp3) is 0.500. The molecule has 1 N–H and O–H groups in total. The number of carbonyl (C=O) groups is 1. The van der Waals surface area contributed by atoms with Gasteiger partial charge >= 0.3 is 0 Å². The number of nitrogens with zero attached hydrogens (tertiary/aromatic N) is 2. The number of rotatable bonds is 11. The first kappa shape index (κ1) is 22.9. The van der Waals surface area contributed by atoms with Crippen molar-refractivity contribution in [3.8, 4) is 5.88 Å². The van der Waals surface area contributed by atoms with Crippen LogP contribution in [-0.4, -0.2) is 42.0 Å². The van der Waals surface area contributed by atoms with Crippen LogP contribution in [0.3, 0.4) is 0 Å². The van der Waals surface area contributed by atoms with Gasteiger partial charge in [0.1, 0.15) is 0 Å². The van der Waals surface area contributed by atoms with Gasteiger partial charge in [0.15, 0.2) is 0 Å². The van der Waals surface area contributed by atoms with Crippen molar-refractivity contribution in [2.45, 2.75) is 59.5 Å². The van der Waals surface area contributed by atoms with Gasteiger partial charge in [0, 0.05) is 31.4 Å². The Balaban J connectivity index is 1.92. The molecule has 0 radical (unpaired) electrons. The van der Waals surface area contributed by atoms with Crippen molar-refractivity contribution in [1.29, 1.82) is 0 Å². The summed E-state index contributed by atoms with van der Waals surface area (Å²) in [6, 6.07) is 10.5. The highest BCUT2D eigenvalue weighted by Crippen LogP contribution is 2.14. The van der Waals surface area contributed by atoms with E-state index in [4.69, 9.17) is 4.74 Å². The maximum Gasteiger partial charge on any atom is 0.253 e. The molecule has 29 heavy (non-hydrogen) atoms. The highest BCUT2D eigenvalue weighted by atomic mass is 16.5. The van der Waals surface area contributed by atoms with Gasteiger partial charge in [0.2, 0.25) is 5.88 Å². The molecular weight excluding hydrogens is 362 g/mol. The third-order valence-electron chi connectivity index (χ3n) is 5.35. The molecule has 0 aliphatic heterocycles. The molecule has 0 aliphatic rings. The predicted octanol–water partition coefficient (Wildman–Crippen LogP) is 4.38. The van der Waals surface area contributed by atoms with Crippen molar-refractivity contribution in [2.75, 3.05) is 20.2 Å². The first-order valence-corrected chi connectivity index (χ1v) is 10.6. The second kappa shape index (κ2) is 11.6. The minimum absolute atomic E-state index is 0.129. The zero-order valence-corrected chi connectivity index (χ0v) is 18.5. The van der Waals surface area contributed by atoms with E-state index in [1.165, 1.54) is 24.0 Å². The Labute approximate surface area is 175 Å². The van der Waals surface area contributed by atoms with Crippen LogP contribution in [0.5, 0.6) is 5.88 Å². The topological polar surface area (TPSA) is 54.5 Å². The Kier molecular flexibility index (Phi) is 9.13. The molecule has 1 atom stereocenters. The molecule has 1 unspecified atom stereocenters. The Morgan fingerprint density at radius 1 is 1.24 bits per heavy atom. The summed E-state index contributed by atoms with van der Waals surface area (Å²) in [5.41, 5.74) is 4.29. The third kappa shape index (κ3) is 7.17.